The topological polar surface area (TPSA) is 394 Å². The quantitative estimate of drug-likeness (QED) is 0.00697. The molecule has 4 bridgehead atoms. The summed E-state index contributed by atoms with van der Waals surface area (Å²) in [6.07, 6.45) is 2.08. The first-order chi connectivity index (χ1) is 55.5. The van der Waals surface area contributed by atoms with E-state index in [2.05, 4.69) is 43.7 Å². The molecule has 4 heterocycles. The van der Waals surface area contributed by atoms with Crippen LogP contribution in [0, 0.1) is 23.7 Å². The van der Waals surface area contributed by atoms with Crippen LogP contribution in [0.1, 0.15) is 134 Å². The Morgan fingerprint density at radius 3 is 2.10 bits per heavy atom. The maximum absolute atomic E-state index is 14.5. The first-order valence-electron chi connectivity index (χ1n) is 39.1. The minimum Gasteiger partial charge on any atom is -0.495 e. The van der Waals surface area contributed by atoms with Crippen LogP contribution in [-0.4, -0.2) is 218 Å². The zero-order valence-corrected chi connectivity index (χ0v) is 68.4. The molecule has 0 radical (unpaired) electrons. The van der Waals surface area contributed by atoms with Crippen LogP contribution in [0.4, 0.5) is 31.4 Å². The number of hydrogen-bond acceptors (Lipinski definition) is 21. The van der Waals surface area contributed by atoms with Crippen molar-refractivity contribution in [1.82, 2.24) is 31.5 Å². The fourth-order valence-electron chi connectivity index (χ4n) is 13.5. The number of nitrogens with two attached hydrogens (primary N) is 1. The van der Waals surface area contributed by atoms with Crippen molar-refractivity contribution in [3.8, 4) is 17.6 Å². The zero-order chi connectivity index (χ0) is 84.1. The third kappa shape index (κ3) is 27.0. The van der Waals surface area contributed by atoms with E-state index < -0.39 is 120 Å². The normalized spacial score (nSPS) is 21.2. The summed E-state index contributed by atoms with van der Waals surface area (Å²) >= 11 is 6.86. The molecule has 9 N–H and O–H groups in total. The summed E-state index contributed by atoms with van der Waals surface area (Å²) in [7, 11) is 5.71. The van der Waals surface area contributed by atoms with Crippen LogP contribution in [0.2, 0.25) is 5.02 Å². The van der Waals surface area contributed by atoms with Gasteiger partial charge in [0.05, 0.1) is 90.4 Å². The molecule has 116 heavy (non-hydrogen) atoms. The number of fused-ring (bicyclic) bond motifs is 7. The van der Waals surface area contributed by atoms with Gasteiger partial charge in [0.2, 0.25) is 35.4 Å². The second kappa shape index (κ2) is 44.8. The maximum atomic E-state index is 14.5. The third-order valence-corrected chi connectivity index (χ3v) is 20.9. The molecule has 2 fully saturated rings. The van der Waals surface area contributed by atoms with Crippen LogP contribution in [0.25, 0.3) is 0 Å². The van der Waals surface area contributed by atoms with Gasteiger partial charge in [-0.1, -0.05) is 117 Å². The highest BCUT2D eigenvalue weighted by Gasteiger charge is 2.64. The second-order valence-electron chi connectivity index (χ2n) is 29.5. The Kier molecular flexibility index (Phi) is 35.3. The monoisotopic (exact) mass is 1630 g/mol. The summed E-state index contributed by atoms with van der Waals surface area (Å²) in [5, 5.41) is 28.3. The highest BCUT2D eigenvalue weighted by molar-refractivity contribution is 6.35. The molecule has 0 unspecified atom stereocenters. The van der Waals surface area contributed by atoms with Crippen LogP contribution >= 0.6 is 11.6 Å². The van der Waals surface area contributed by atoms with E-state index in [4.69, 9.17) is 64.7 Å². The number of nitrogens with one attached hydrogen (secondary N) is 6. The lowest BCUT2D eigenvalue weighted by Crippen LogP contribution is -2.63. The Morgan fingerprint density at radius 1 is 0.784 bits per heavy atom. The molecule has 0 aliphatic carbocycles. The highest BCUT2D eigenvalue weighted by atomic mass is 35.5. The number of carbonyl (C=O) groups excluding carboxylic acids is 10. The van der Waals surface area contributed by atoms with Crippen LogP contribution < -0.4 is 52.2 Å². The summed E-state index contributed by atoms with van der Waals surface area (Å²) in [6.45, 7) is 12.8. The molecular formula is C84H111ClN10O21. The lowest BCUT2D eigenvalue weighted by Gasteiger charge is -2.42. The van der Waals surface area contributed by atoms with Gasteiger partial charge in [0.25, 0.3) is 0 Å². The van der Waals surface area contributed by atoms with Crippen LogP contribution in [0.5, 0.6) is 5.75 Å². The molecule has 4 aromatic rings. The molecule has 4 aliphatic rings. The number of halogens is 1. The number of epoxide rings is 1. The number of hydrogen-bond donors (Lipinski definition) is 8. The fraction of sp³-hybridized carbons (Fsp3) is 0.524. The number of amides is 10. The number of carbonyl (C=O) groups is 10. The molecule has 4 aliphatic heterocycles. The van der Waals surface area contributed by atoms with Crippen molar-refractivity contribution >= 4 is 88.3 Å². The third-order valence-electron chi connectivity index (χ3n) is 20.5. The summed E-state index contributed by atoms with van der Waals surface area (Å²) in [4.78, 5) is 138. The second-order valence-corrected chi connectivity index (χ2v) is 29.9. The number of nitrogens with zero attached hydrogens (tertiary/aromatic N) is 3. The Hall–Kier alpha value is -10.2. The molecule has 2 saturated heterocycles. The van der Waals surface area contributed by atoms with Crippen molar-refractivity contribution in [3.05, 3.63) is 142 Å². The van der Waals surface area contributed by atoms with Crippen molar-refractivity contribution in [2.75, 3.05) is 109 Å². The van der Waals surface area contributed by atoms with Gasteiger partial charge >= 0.3 is 24.2 Å². The molecule has 0 aromatic heterocycles. The predicted molar refractivity (Wildman–Crippen MR) is 431 cm³/mol. The van der Waals surface area contributed by atoms with Gasteiger partial charge in [-0.3, -0.25) is 39.0 Å². The molecule has 0 spiro atoms. The SMILES string of the molecule is COc1cc2cc(c1Cl)N(C)C(=O)C[C@H](OC(=O)[C@H](C)N(C)C(=O)OCc1ccc(NC(=O)[C@H](CCCNC(N)=O)NC(=O)[C@@H](NC(=O)CCOCCOCCOCCOCCC(=O)NCCCCCC(=O)N3Cc4ccccc4C#Cc4ccccc43)C(C)C)cc1)[C@]1(C)O[C@H]1[C@H](C)[C@@H]1C[C@@](O)(NC(=O)O1)[C@H](OC)/C=C/C=C(\C)C2. The lowest BCUT2D eigenvalue weighted by molar-refractivity contribution is -0.158. The summed E-state index contributed by atoms with van der Waals surface area (Å²) in [5.74, 6) is 2.46. The van der Waals surface area contributed by atoms with E-state index in [1.54, 1.807) is 76.2 Å². The van der Waals surface area contributed by atoms with Gasteiger partial charge in [-0.05, 0) is 118 Å². The van der Waals surface area contributed by atoms with Crippen molar-refractivity contribution < 1.29 is 100 Å². The van der Waals surface area contributed by atoms with Crippen LogP contribution in [0.3, 0.4) is 0 Å². The Bertz CT molecular complexity index is 4190. The Labute approximate surface area is 682 Å². The molecule has 8 rings (SSSR count). The van der Waals surface area contributed by atoms with Gasteiger partial charge in [-0.25, -0.2) is 19.2 Å². The number of urea groups is 1. The number of anilines is 3. The maximum Gasteiger partial charge on any atom is 0.410 e. The molecule has 0 saturated carbocycles. The Morgan fingerprint density at radius 2 is 1.43 bits per heavy atom. The number of aliphatic hydroxyl groups is 1. The standard InChI is InChI=1S/C84H111ClN10O21/c1-53(2)75(91-71(97)35-39-110-41-43-112-45-44-111-42-40-109-38-34-70(96)87-36-17-11-12-27-72(98)95-51-61-23-14-13-21-59(61)30-31-60-22-15-16-25-64(60)95)78(101)90-63(24-19-37-88-80(86)103)77(100)89-62-32-28-57(29-33-62)52-113-82(105)93(7)56(5)79(102)115-69-49-73(99)94(8)65-47-58(48-66(107-9)74(65)85)46-54(3)20-18-26-68(108-10)84(106)50-67(114-81(104)92-84)55(4)76-83(69,6)116-76/h13-16,18,20-23,25-26,28-29,32-33,47-48,53,55-56,63,67-69,75-76,106H,11-12,17,19,24,27,34-46,49-52H2,1-10H3,(H,87,96)(H,89,100)(H,90,101)(H,91,97)(H,92,104)(H3,86,88,103)/b26-18+,54-20+/t55-,56+,63+,67+,68-,69+,75+,76+,83+,84+/m1/s1. The number of alkyl carbamates (subject to hydrolysis) is 1. The molecule has 10 atom stereocenters. The lowest BCUT2D eigenvalue weighted by atomic mass is 9.83. The number of methoxy groups -OCH3 is 2. The van der Waals surface area contributed by atoms with E-state index in [1.807, 2.05) is 66.4 Å². The molecular weight excluding hydrogens is 1520 g/mol. The summed E-state index contributed by atoms with van der Waals surface area (Å²) in [5.41, 5.74) is 8.24. The molecule has 4 aromatic carbocycles. The molecule has 31 nitrogen and oxygen atoms in total. The molecule has 630 valence electrons. The van der Waals surface area contributed by atoms with Gasteiger partial charge in [0, 0.05) is 82.7 Å². The number of benzene rings is 4. The van der Waals surface area contributed by atoms with Crippen LogP contribution in [-0.2, 0) is 95.8 Å². The zero-order valence-electron chi connectivity index (χ0n) is 67.7. The van der Waals surface area contributed by atoms with Gasteiger partial charge in [0.1, 0.15) is 59.4 Å². The van der Waals surface area contributed by atoms with E-state index in [0.717, 1.165) is 51.3 Å². The van der Waals surface area contributed by atoms with E-state index in [9.17, 15) is 53.1 Å². The van der Waals surface area contributed by atoms with E-state index in [-0.39, 0.29) is 95.1 Å². The number of unbranched alkanes of at least 4 members (excludes halogenated alkanes) is 2. The largest absolute Gasteiger partial charge is 0.495 e. The molecule has 10 amide bonds. The molecule has 32 heteroatoms. The van der Waals surface area contributed by atoms with Crippen LogP contribution in [0.15, 0.2) is 109 Å². The number of ether oxygens (including phenoxy) is 10. The van der Waals surface area contributed by atoms with Gasteiger partial charge < -0.3 is 94.6 Å². The fourth-order valence-corrected chi connectivity index (χ4v) is 13.8. The van der Waals surface area contributed by atoms with Gasteiger partial charge in [-0.2, -0.15) is 0 Å². The smallest absolute Gasteiger partial charge is 0.410 e. The average molecular weight is 1630 g/mol. The van der Waals surface area contributed by atoms with Gasteiger partial charge in [-0.15, -0.1) is 0 Å². The average Bonchev–Trinajstić information content (AvgIpc) is 1.57. The predicted octanol–water partition coefficient (Wildman–Crippen LogP) is 7.81. The number of esters is 1. The van der Waals surface area contributed by atoms with E-state index in [0.29, 0.717) is 74.9 Å². The van der Waals surface area contributed by atoms with E-state index in [1.165, 1.54) is 40.1 Å². The van der Waals surface area contributed by atoms with Crippen molar-refractivity contribution in [2.24, 2.45) is 17.6 Å². The number of primary amides is 1. The number of rotatable bonds is 38. The number of allylic oxidation sites excluding steroid dienone is 3. The Balaban J connectivity index is 0.722. The van der Waals surface area contributed by atoms with Gasteiger partial charge in [0.15, 0.2) is 5.72 Å². The van der Waals surface area contributed by atoms with Crippen molar-refractivity contribution in [1.29, 1.82) is 0 Å². The number of para-hydroxylation sites is 1. The highest BCUT2D eigenvalue weighted by Crippen LogP contribution is 2.49. The first-order valence-corrected chi connectivity index (χ1v) is 39.5. The summed E-state index contributed by atoms with van der Waals surface area (Å²) in [6, 6.07) is 21.1. The van der Waals surface area contributed by atoms with E-state index >= 15 is 0 Å². The first kappa shape index (κ1) is 91.4. The minimum atomic E-state index is -1.92. The minimum absolute atomic E-state index is 0.0302. The summed E-state index contributed by atoms with van der Waals surface area (Å²) < 4.78 is 57.5. The van der Waals surface area contributed by atoms with Crippen molar-refractivity contribution in [2.45, 2.75) is 179 Å². The van der Waals surface area contributed by atoms with Crippen molar-refractivity contribution in [3.63, 3.8) is 0 Å². The number of likely N-dealkylation sites (N-methyl/N-ethyl adjacent to an activating group) is 1.